The molecule has 3 aliphatic rings. The lowest BCUT2D eigenvalue weighted by Crippen LogP contribution is -2.46. The highest BCUT2D eigenvalue weighted by atomic mass is 16.5. The molecule has 0 amide bonds. The number of para-hydroxylation sites is 1. The van der Waals surface area contributed by atoms with Crippen molar-refractivity contribution in [1.29, 1.82) is 0 Å². The average molecular weight is 671 g/mol. The van der Waals surface area contributed by atoms with Crippen LogP contribution in [-0.4, -0.2) is 40.4 Å². The number of methoxy groups -OCH3 is 2. The second-order valence-electron chi connectivity index (χ2n) is 14.3. The Hall–Kier alpha value is -5.68. The first kappa shape index (κ1) is 31.3. The van der Waals surface area contributed by atoms with Gasteiger partial charge in [0.05, 0.1) is 14.2 Å². The zero-order valence-corrected chi connectivity index (χ0v) is 29.6. The molecule has 0 saturated carbocycles. The molecule has 1 saturated heterocycles. The molecule has 1 aliphatic carbocycles. The maximum Gasteiger partial charge on any atom is 0.178 e. The monoisotopic (exact) mass is 670 g/mol. The Balaban J connectivity index is 1.17. The van der Waals surface area contributed by atoms with Crippen LogP contribution in [0, 0.1) is 0 Å². The third-order valence-electron chi connectivity index (χ3n) is 11.3. The van der Waals surface area contributed by atoms with E-state index in [-0.39, 0.29) is 5.41 Å². The second-order valence-corrected chi connectivity index (χ2v) is 14.3. The van der Waals surface area contributed by atoms with Crippen LogP contribution in [0.25, 0.3) is 28.0 Å². The summed E-state index contributed by atoms with van der Waals surface area (Å²) in [5.41, 5.74) is 9.81. The first-order valence-electron chi connectivity index (χ1n) is 17.9. The van der Waals surface area contributed by atoms with Crippen molar-refractivity contribution in [2.75, 3.05) is 50.2 Å². The molecule has 0 aromatic heterocycles. The summed E-state index contributed by atoms with van der Waals surface area (Å²) >= 11 is 0. The minimum atomic E-state index is -0.845. The standard InChI is InChI=1S/C46H42N2O3/c1-45(2)39-18-12-11-17-35(39)42-37-29-40(49-3)41(50-4)30-38(37)44-36(43(42)45)23-24-46(51-44,31-13-7-5-8-14-31)32-19-21-34(22-20-32)48-27-25-47(26-28-48)33-15-9-6-10-16-33/h5-24,29-30H,25-28H2,1-4H3. The summed E-state index contributed by atoms with van der Waals surface area (Å²) in [5.74, 6) is 2.24. The number of hydrogen-bond donors (Lipinski definition) is 0. The van der Waals surface area contributed by atoms with E-state index < -0.39 is 5.60 Å². The predicted molar refractivity (Wildman–Crippen MR) is 209 cm³/mol. The number of hydrogen-bond acceptors (Lipinski definition) is 5. The largest absolute Gasteiger partial charge is 0.493 e. The molecule has 0 bridgehead atoms. The Labute approximate surface area is 300 Å². The topological polar surface area (TPSA) is 34.2 Å². The normalized spacial score (nSPS) is 18.5. The fraction of sp³-hybridized carbons (Fsp3) is 0.217. The Kier molecular flexibility index (Phi) is 7.36. The fourth-order valence-corrected chi connectivity index (χ4v) is 8.72. The van der Waals surface area contributed by atoms with Crippen molar-refractivity contribution in [2.45, 2.75) is 24.9 Å². The highest BCUT2D eigenvalue weighted by Gasteiger charge is 2.44. The third kappa shape index (κ3) is 4.82. The molecule has 1 unspecified atom stereocenters. The summed E-state index contributed by atoms with van der Waals surface area (Å²) in [7, 11) is 3.40. The summed E-state index contributed by atoms with van der Waals surface area (Å²) < 4.78 is 19.3. The van der Waals surface area contributed by atoms with Crippen LogP contribution in [0.5, 0.6) is 17.2 Å². The first-order chi connectivity index (χ1) is 24.9. The highest BCUT2D eigenvalue weighted by Crippen LogP contribution is 2.59. The summed E-state index contributed by atoms with van der Waals surface area (Å²) in [4.78, 5) is 4.96. The van der Waals surface area contributed by atoms with E-state index in [1.54, 1.807) is 14.2 Å². The molecule has 1 fully saturated rings. The molecule has 51 heavy (non-hydrogen) atoms. The minimum Gasteiger partial charge on any atom is -0.493 e. The van der Waals surface area contributed by atoms with Crippen LogP contribution in [0.3, 0.4) is 0 Å². The van der Waals surface area contributed by atoms with Gasteiger partial charge in [-0.05, 0) is 70.1 Å². The Morgan fingerprint density at radius 3 is 1.80 bits per heavy atom. The zero-order valence-electron chi connectivity index (χ0n) is 29.6. The predicted octanol–water partition coefficient (Wildman–Crippen LogP) is 9.84. The van der Waals surface area contributed by atoms with Gasteiger partial charge in [0.15, 0.2) is 17.1 Å². The second kappa shape index (κ2) is 12.0. The lowest BCUT2D eigenvalue weighted by Gasteiger charge is -2.39. The van der Waals surface area contributed by atoms with Crippen LogP contribution in [0.15, 0.2) is 127 Å². The number of benzene rings is 6. The van der Waals surface area contributed by atoms with E-state index >= 15 is 0 Å². The maximum absolute atomic E-state index is 7.54. The lowest BCUT2D eigenvalue weighted by atomic mass is 9.76. The molecule has 1 atom stereocenters. The van der Waals surface area contributed by atoms with Crippen LogP contribution in [0.1, 0.15) is 41.7 Å². The van der Waals surface area contributed by atoms with E-state index in [0.29, 0.717) is 11.5 Å². The number of nitrogens with zero attached hydrogens (tertiary/aromatic N) is 2. The van der Waals surface area contributed by atoms with E-state index in [1.807, 2.05) is 0 Å². The van der Waals surface area contributed by atoms with Gasteiger partial charge in [0.25, 0.3) is 0 Å². The Bertz CT molecular complexity index is 2290. The molecule has 2 aliphatic heterocycles. The molecule has 5 heteroatoms. The van der Waals surface area contributed by atoms with Crippen molar-refractivity contribution in [3.05, 3.63) is 155 Å². The van der Waals surface area contributed by atoms with Crippen molar-refractivity contribution in [1.82, 2.24) is 0 Å². The summed E-state index contributed by atoms with van der Waals surface area (Å²) in [6.07, 6.45) is 4.58. The fourth-order valence-electron chi connectivity index (χ4n) is 8.72. The molecule has 2 heterocycles. The summed E-state index contributed by atoms with van der Waals surface area (Å²) in [5, 5.41) is 2.10. The van der Waals surface area contributed by atoms with Gasteiger partial charge in [0.1, 0.15) is 5.75 Å². The van der Waals surface area contributed by atoms with Gasteiger partial charge in [-0.15, -0.1) is 0 Å². The number of piperazine rings is 1. The molecule has 5 nitrogen and oxygen atoms in total. The molecular formula is C46H42N2O3. The van der Waals surface area contributed by atoms with Crippen LogP contribution in [-0.2, 0) is 11.0 Å². The van der Waals surface area contributed by atoms with Crippen molar-refractivity contribution in [3.63, 3.8) is 0 Å². The highest BCUT2D eigenvalue weighted by molar-refractivity contribution is 6.09. The minimum absolute atomic E-state index is 0.232. The number of anilines is 2. The quantitative estimate of drug-likeness (QED) is 0.176. The lowest BCUT2D eigenvalue weighted by molar-refractivity contribution is 0.163. The van der Waals surface area contributed by atoms with Gasteiger partial charge in [0.2, 0.25) is 0 Å². The van der Waals surface area contributed by atoms with Gasteiger partial charge in [-0.3, -0.25) is 0 Å². The van der Waals surface area contributed by atoms with E-state index in [4.69, 9.17) is 14.2 Å². The van der Waals surface area contributed by atoms with E-state index in [1.165, 1.54) is 33.6 Å². The van der Waals surface area contributed by atoms with Gasteiger partial charge in [-0.2, -0.15) is 0 Å². The molecule has 6 aromatic rings. The molecule has 0 radical (unpaired) electrons. The van der Waals surface area contributed by atoms with E-state index in [2.05, 4.69) is 157 Å². The van der Waals surface area contributed by atoms with Gasteiger partial charge < -0.3 is 24.0 Å². The van der Waals surface area contributed by atoms with Gasteiger partial charge in [-0.1, -0.05) is 105 Å². The smallest absolute Gasteiger partial charge is 0.178 e. The van der Waals surface area contributed by atoms with Crippen molar-refractivity contribution < 1.29 is 14.2 Å². The molecule has 0 spiro atoms. The number of rotatable bonds is 6. The van der Waals surface area contributed by atoms with Crippen LogP contribution in [0.2, 0.25) is 0 Å². The van der Waals surface area contributed by atoms with Crippen molar-refractivity contribution in [2.24, 2.45) is 0 Å². The van der Waals surface area contributed by atoms with Crippen LogP contribution >= 0.6 is 0 Å². The van der Waals surface area contributed by atoms with Gasteiger partial charge in [-0.25, -0.2) is 0 Å². The Morgan fingerprint density at radius 1 is 0.608 bits per heavy atom. The van der Waals surface area contributed by atoms with Crippen LogP contribution < -0.4 is 24.0 Å². The molecule has 9 rings (SSSR count). The number of ether oxygens (including phenoxy) is 3. The maximum atomic E-state index is 7.54. The van der Waals surface area contributed by atoms with Crippen molar-refractivity contribution in [3.8, 4) is 28.4 Å². The molecule has 254 valence electrons. The van der Waals surface area contributed by atoms with Gasteiger partial charge in [0, 0.05) is 65.0 Å². The molecular weight excluding hydrogens is 629 g/mol. The summed E-state index contributed by atoms with van der Waals surface area (Å²) in [6, 6.07) is 43.4. The number of fused-ring (bicyclic) bond motifs is 8. The van der Waals surface area contributed by atoms with Crippen LogP contribution in [0.4, 0.5) is 11.4 Å². The summed E-state index contributed by atoms with van der Waals surface area (Å²) in [6.45, 7) is 8.60. The first-order valence-corrected chi connectivity index (χ1v) is 17.9. The third-order valence-corrected chi connectivity index (χ3v) is 11.3. The molecule has 6 aromatic carbocycles. The van der Waals surface area contributed by atoms with E-state index in [0.717, 1.165) is 59.4 Å². The zero-order chi connectivity index (χ0) is 34.7. The van der Waals surface area contributed by atoms with E-state index in [9.17, 15) is 0 Å². The average Bonchev–Trinajstić information content (AvgIpc) is 3.44. The molecule has 0 N–H and O–H groups in total. The van der Waals surface area contributed by atoms with Crippen molar-refractivity contribution >= 4 is 28.2 Å². The SMILES string of the molecule is COc1cc2c3c(c4c(c2cc1OC)-c1ccccc1C4(C)C)C=CC(c1ccccc1)(c1ccc(N2CCN(c4ccccc4)CC2)cc1)O3. The van der Waals surface area contributed by atoms with Gasteiger partial charge >= 0.3 is 0 Å². The Morgan fingerprint density at radius 2 is 1.16 bits per heavy atom.